The van der Waals surface area contributed by atoms with Gasteiger partial charge in [0.15, 0.2) is 0 Å². The standard InChI is InChI=1S/C19H21ClN4O2/c20-15-5-4-8-17(13-15)23-9-11-24(12-10-23)18(25)14-21-19(26)22-16-6-2-1-3-7-16/h1-8,13H,9-12,14H2,(H2,21,22,26). The van der Waals surface area contributed by atoms with Gasteiger partial charge in [-0.1, -0.05) is 35.9 Å². The normalized spacial score (nSPS) is 14.0. The first kappa shape index (κ1) is 18.1. The van der Waals surface area contributed by atoms with Crippen LogP contribution < -0.4 is 15.5 Å². The van der Waals surface area contributed by atoms with E-state index in [4.69, 9.17) is 11.6 Å². The number of urea groups is 1. The lowest BCUT2D eigenvalue weighted by Crippen LogP contribution is -2.51. The zero-order chi connectivity index (χ0) is 18.4. The van der Waals surface area contributed by atoms with Gasteiger partial charge in [-0.3, -0.25) is 4.79 Å². The van der Waals surface area contributed by atoms with Crippen LogP contribution in [0.4, 0.5) is 16.2 Å². The molecule has 7 heteroatoms. The summed E-state index contributed by atoms with van der Waals surface area (Å²) in [6.45, 7) is 2.70. The Kier molecular flexibility index (Phi) is 5.96. The number of benzene rings is 2. The molecule has 2 aromatic rings. The Labute approximate surface area is 157 Å². The van der Waals surface area contributed by atoms with Gasteiger partial charge in [-0.15, -0.1) is 0 Å². The van der Waals surface area contributed by atoms with Gasteiger partial charge < -0.3 is 20.4 Å². The smallest absolute Gasteiger partial charge is 0.319 e. The third-order valence-electron chi connectivity index (χ3n) is 4.24. The molecule has 2 N–H and O–H groups in total. The fourth-order valence-electron chi connectivity index (χ4n) is 2.85. The van der Waals surface area contributed by atoms with Crippen molar-refractivity contribution in [2.45, 2.75) is 0 Å². The van der Waals surface area contributed by atoms with E-state index in [2.05, 4.69) is 15.5 Å². The number of piperazine rings is 1. The molecule has 1 heterocycles. The van der Waals surface area contributed by atoms with Gasteiger partial charge in [0.1, 0.15) is 0 Å². The highest BCUT2D eigenvalue weighted by molar-refractivity contribution is 6.30. The summed E-state index contributed by atoms with van der Waals surface area (Å²) in [5.41, 5.74) is 1.75. The summed E-state index contributed by atoms with van der Waals surface area (Å²) in [7, 11) is 0. The van der Waals surface area contributed by atoms with Crippen LogP contribution in [0.25, 0.3) is 0 Å². The maximum absolute atomic E-state index is 12.3. The topological polar surface area (TPSA) is 64.7 Å². The number of rotatable bonds is 4. The maximum Gasteiger partial charge on any atom is 0.319 e. The molecule has 0 aromatic heterocycles. The highest BCUT2D eigenvalue weighted by Gasteiger charge is 2.21. The molecule has 0 radical (unpaired) electrons. The van der Waals surface area contributed by atoms with Crippen LogP contribution in [-0.4, -0.2) is 49.6 Å². The van der Waals surface area contributed by atoms with Gasteiger partial charge in [-0.25, -0.2) is 4.79 Å². The van der Waals surface area contributed by atoms with Gasteiger partial charge in [-0.05, 0) is 30.3 Å². The number of carbonyl (C=O) groups excluding carboxylic acids is 2. The van der Waals surface area contributed by atoms with Crippen LogP contribution in [0.2, 0.25) is 5.02 Å². The second kappa shape index (κ2) is 8.58. The Hall–Kier alpha value is -2.73. The Morgan fingerprint density at radius 3 is 2.38 bits per heavy atom. The lowest BCUT2D eigenvalue weighted by Gasteiger charge is -2.36. The molecule has 1 fully saturated rings. The minimum Gasteiger partial charge on any atom is -0.368 e. The lowest BCUT2D eigenvalue weighted by atomic mass is 10.2. The van der Waals surface area contributed by atoms with E-state index < -0.39 is 0 Å². The van der Waals surface area contributed by atoms with E-state index in [1.807, 2.05) is 42.5 Å². The first-order valence-electron chi connectivity index (χ1n) is 8.50. The number of halogens is 1. The zero-order valence-corrected chi connectivity index (χ0v) is 15.1. The number of carbonyl (C=O) groups is 2. The molecule has 1 aliphatic rings. The quantitative estimate of drug-likeness (QED) is 0.867. The molecule has 0 unspecified atom stereocenters. The number of nitrogens with one attached hydrogen (secondary N) is 2. The Balaban J connectivity index is 1.43. The summed E-state index contributed by atoms with van der Waals surface area (Å²) in [4.78, 5) is 28.1. The van der Waals surface area contributed by atoms with Crippen molar-refractivity contribution in [3.05, 3.63) is 59.6 Å². The van der Waals surface area contributed by atoms with E-state index in [9.17, 15) is 9.59 Å². The summed E-state index contributed by atoms with van der Waals surface area (Å²) in [5.74, 6) is -0.0843. The van der Waals surface area contributed by atoms with E-state index in [-0.39, 0.29) is 18.5 Å². The fourth-order valence-corrected chi connectivity index (χ4v) is 3.04. The van der Waals surface area contributed by atoms with Crippen molar-refractivity contribution in [3.8, 4) is 0 Å². The molecule has 136 valence electrons. The van der Waals surface area contributed by atoms with Crippen molar-refractivity contribution in [1.82, 2.24) is 10.2 Å². The second-order valence-corrected chi connectivity index (χ2v) is 6.46. The molecule has 1 saturated heterocycles. The minimum atomic E-state index is -0.387. The number of hydrogen-bond donors (Lipinski definition) is 2. The third-order valence-corrected chi connectivity index (χ3v) is 4.47. The number of para-hydroxylation sites is 1. The summed E-state index contributed by atoms with van der Waals surface area (Å²) >= 11 is 6.03. The maximum atomic E-state index is 12.3. The highest BCUT2D eigenvalue weighted by atomic mass is 35.5. The summed E-state index contributed by atoms with van der Waals surface area (Å²) in [5, 5.41) is 6.00. The summed E-state index contributed by atoms with van der Waals surface area (Å²) in [6, 6.07) is 16.4. The molecule has 3 rings (SSSR count). The van der Waals surface area contributed by atoms with Gasteiger partial charge in [0, 0.05) is 42.6 Å². The predicted molar refractivity (Wildman–Crippen MR) is 104 cm³/mol. The van der Waals surface area contributed by atoms with Crippen molar-refractivity contribution in [3.63, 3.8) is 0 Å². The monoisotopic (exact) mass is 372 g/mol. The van der Waals surface area contributed by atoms with Crippen LogP contribution in [-0.2, 0) is 4.79 Å². The lowest BCUT2D eigenvalue weighted by molar-refractivity contribution is -0.130. The van der Waals surface area contributed by atoms with Crippen LogP contribution in [0.5, 0.6) is 0 Å². The third kappa shape index (κ3) is 4.89. The molecule has 0 saturated carbocycles. The van der Waals surface area contributed by atoms with Crippen LogP contribution in [0.1, 0.15) is 0 Å². The molecular weight excluding hydrogens is 352 g/mol. The molecule has 6 nitrogen and oxygen atoms in total. The minimum absolute atomic E-state index is 0.0180. The molecular formula is C19H21ClN4O2. The Bertz CT molecular complexity index is 761. The SMILES string of the molecule is O=C(NCC(=O)N1CCN(c2cccc(Cl)c2)CC1)Nc1ccccc1. The van der Waals surface area contributed by atoms with Crippen molar-refractivity contribution in [1.29, 1.82) is 0 Å². The van der Waals surface area contributed by atoms with E-state index in [1.54, 1.807) is 17.0 Å². The van der Waals surface area contributed by atoms with Gasteiger partial charge in [-0.2, -0.15) is 0 Å². The second-order valence-electron chi connectivity index (χ2n) is 6.02. The Morgan fingerprint density at radius 2 is 1.69 bits per heavy atom. The van der Waals surface area contributed by atoms with Crippen LogP contribution in [0.3, 0.4) is 0 Å². The molecule has 0 aliphatic carbocycles. The van der Waals surface area contributed by atoms with Gasteiger partial charge in [0.05, 0.1) is 6.54 Å². The predicted octanol–water partition coefficient (Wildman–Crippen LogP) is 2.81. The Morgan fingerprint density at radius 1 is 0.962 bits per heavy atom. The van der Waals surface area contributed by atoms with Crippen molar-refractivity contribution in [2.75, 3.05) is 42.9 Å². The van der Waals surface area contributed by atoms with Crippen LogP contribution >= 0.6 is 11.6 Å². The number of anilines is 2. The van der Waals surface area contributed by atoms with Gasteiger partial charge >= 0.3 is 6.03 Å². The van der Waals surface area contributed by atoms with Crippen LogP contribution in [0.15, 0.2) is 54.6 Å². The number of hydrogen-bond acceptors (Lipinski definition) is 3. The van der Waals surface area contributed by atoms with Gasteiger partial charge in [0.2, 0.25) is 5.91 Å². The van der Waals surface area contributed by atoms with Crippen LogP contribution in [0, 0.1) is 0 Å². The number of amides is 3. The molecule has 26 heavy (non-hydrogen) atoms. The fraction of sp³-hybridized carbons (Fsp3) is 0.263. The largest absolute Gasteiger partial charge is 0.368 e. The van der Waals surface area contributed by atoms with E-state index in [1.165, 1.54) is 0 Å². The summed E-state index contributed by atoms with van der Waals surface area (Å²) in [6.07, 6.45) is 0. The highest BCUT2D eigenvalue weighted by Crippen LogP contribution is 2.20. The molecule has 1 aliphatic heterocycles. The summed E-state index contributed by atoms with van der Waals surface area (Å²) < 4.78 is 0. The first-order chi connectivity index (χ1) is 12.6. The van der Waals surface area contributed by atoms with Crippen molar-refractivity contribution >= 4 is 34.9 Å². The average Bonchev–Trinajstić information content (AvgIpc) is 2.67. The molecule has 3 amide bonds. The average molecular weight is 373 g/mol. The van der Waals surface area contributed by atoms with Crippen molar-refractivity contribution in [2.24, 2.45) is 0 Å². The van der Waals surface area contributed by atoms with E-state index in [0.29, 0.717) is 23.8 Å². The molecule has 0 bridgehead atoms. The van der Waals surface area contributed by atoms with E-state index >= 15 is 0 Å². The molecule has 2 aromatic carbocycles. The molecule has 0 atom stereocenters. The zero-order valence-electron chi connectivity index (χ0n) is 14.3. The van der Waals surface area contributed by atoms with E-state index in [0.717, 1.165) is 18.8 Å². The van der Waals surface area contributed by atoms with Crippen molar-refractivity contribution < 1.29 is 9.59 Å². The first-order valence-corrected chi connectivity index (χ1v) is 8.88. The molecule has 0 spiro atoms. The number of nitrogens with zero attached hydrogens (tertiary/aromatic N) is 2. The van der Waals surface area contributed by atoms with Gasteiger partial charge in [0.25, 0.3) is 0 Å².